The van der Waals surface area contributed by atoms with Crippen LogP contribution in [0, 0.1) is 0 Å². The van der Waals surface area contributed by atoms with Crippen LogP contribution in [-0.2, 0) is 14.4 Å². The van der Waals surface area contributed by atoms with E-state index in [1.165, 1.54) is 4.90 Å². The first-order chi connectivity index (χ1) is 7.49. The van der Waals surface area contributed by atoms with E-state index in [0.717, 1.165) is 6.42 Å². The Bertz CT molecular complexity index is 285. The molecule has 0 aliphatic carbocycles. The first-order valence-electron chi connectivity index (χ1n) is 4.99. The Hall–Kier alpha value is -1.63. The molecule has 2 amide bonds. The van der Waals surface area contributed by atoms with Crippen molar-refractivity contribution >= 4 is 17.8 Å². The maximum Gasteiger partial charge on any atom is 0.317 e. The molecule has 3 N–H and O–H groups in total. The Balaban J connectivity index is 2.44. The minimum absolute atomic E-state index is 0.0742. The average Bonchev–Trinajstić information content (AvgIpc) is 1.95. The maximum atomic E-state index is 11.5. The van der Waals surface area contributed by atoms with Gasteiger partial charge in [0.15, 0.2) is 0 Å². The molecule has 7 nitrogen and oxygen atoms in total. The molecule has 0 aromatic heterocycles. The van der Waals surface area contributed by atoms with Crippen LogP contribution in [0.3, 0.4) is 0 Å². The van der Waals surface area contributed by atoms with Gasteiger partial charge in [-0.25, -0.2) is 0 Å². The molecule has 0 atom stereocenters. The summed E-state index contributed by atoms with van der Waals surface area (Å²) < 4.78 is 0. The summed E-state index contributed by atoms with van der Waals surface area (Å²) in [5.74, 6) is -1.89. The molecule has 1 aliphatic heterocycles. The first kappa shape index (κ1) is 12.4. The van der Waals surface area contributed by atoms with Crippen LogP contribution in [0.4, 0.5) is 0 Å². The van der Waals surface area contributed by atoms with E-state index in [-0.39, 0.29) is 25.5 Å². The molecule has 7 heteroatoms. The summed E-state index contributed by atoms with van der Waals surface area (Å²) in [4.78, 5) is 35.6. The fourth-order valence-electron chi connectivity index (χ4n) is 1.44. The van der Waals surface area contributed by atoms with Gasteiger partial charge in [0.25, 0.3) is 0 Å². The lowest BCUT2D eigenvalue weighted by atomic mass is 10.2. The summed E-state index contributed by atoms with van der Waals surface area (Å²) >= 11 is 0. The third-order valence-electron chi connectivity index (χ3n) is 2.31. The predicted octanol–water partition coefficient (Wildman–Crippen LogP) is -1.91. The minimum atomic E-state index is -1.09. The third-order valence-corrected chi connectivity index (χ3v) is 2.31. The van der Waals surface area contributed by atoms with Gasteiger partial charge < -0.3 is 15.7 Å². The number of nitrogens with two attached hydrogens (primary N) is 1. The number of amides is 2. The number of primary amides is 1. The van der Waals surface area contributed by atoms with Crippen LogP contribution >= 0.6 is 0 Å². The van der Waals surface area contributed by atoms with E-state index >= 15 is 0 Å². The Morgan fingerprint density at radius 1 is 1.19 bits per heavy atom. The van der Waals surface area contributed by atoms with Crippen molar-refractivity contribution in [3.05, 3.63) is 0 Å². The van der Waals surface area contributed by atoms with Crippen LogP contribution in [0.15, 0.2) is 0 Å². The van der Waals surface area contributed by atoms with Crippen molar-refractivity contribution in [3.8, 4) is 0 Å². The Morgan fingerprint density at radius 2 is 1.81 bits per heavy atom. The fraction of sp³-hybridized carbons (Fsp3) is 0.667. The molecule has 90 valence electrons. The smallest absolute Gasteiger partial charge is 0.317 e. The molecule has 1 fully saturated rings. The standard InChI is InChI=1S/C9H15N3O4/c10-7(13)4-11(6-9(15)16)5-8(14)12-2-1-3-12/h1-6H2,(H2,10,13)(H,15,16). The van der Waals surface area contributed by atoms with E-state index in [1.807, 2.05) is 0 Å². The summed E-state index contributed by atoms with van der Waals surface area (Å²) in [6, 6.07) is 0. The SMILES string of the molecule is NC(=O)CN(CC(=O)O)CC(=O)N1CCC1. The number of carbonyl (C=O) groups excluding carboxylic acids is 2. The number of carboxylic acid groups (broad SMARTS) is 1. The topological polar surface area (TPSA) is 104 Å². The zero-order chi connectivity index (χ0) is 12.1. The summed E-state index contributed by atoms with van der Waals surface area (Å²) in [5.41, 5.74) is 4.97. The zero-order valence-electron chi connectivity index (χ0n) is 8.89. The van der Waals surface area contributed by atoms with Crippen molar-refractivity contribution in [2.75, 3.05) is 32.7 Å². The van der Waals surface area contributed by atoms with E-state index < -0.39 is 11.9 Å². The van der Waals surface area contributed by atoms with Crippen molar-refractivity contribution in [2.45, 2.75) is 6.42 Å². The van der Waals surface area contributed by atoms with Gasteiger partial charge in [-0.2, -0.15) is 0 Å². The van der Waals surface area contributed by atoms with Crippen molar-refractivity contribution in [1.29, 1.82) is 0 Å². The van der Waals surface area contributed by atoms with Gasteiger partial charge >= 0.3 is 5.97 Å². The molecule has 1 saturated heterocycles. The summed E-state index contributed by atoms with van der Waals surface area (Å²) in [7, 11) is 0. The van der Waals surface area contributed by atoms with Crippen LogP contribution in [0.2, 0.25) is 0 Å². The lowest BCUT2D eigenvalue weighted by Gasteiger charge is -2.32. The molecule has 0 unspecified atom stereocenters. The first-order valence-corrected chi connectivity index (χ1v) is 4.99. The molecule has 0 saturated carbocycles. The average molecular weight is 229 g/mol. The number of likely N-dealkylation sites (tertiary alicyclic amines) is 1. The van der Waals surface area contributed by atoms with E-state index in [2.05, 4.69) is 0 Å². The van der Waals surface area contributed by atoms with Gasteiger partial charge in [0.2, 0.25) is 11.8 Å². The molecule has 0 aromatic carbocycles. The Morgan fingerprint density at radius 3 is 2.19 bits per heavy atom. The largest absolute Gasteiger partial charge is 0.480 e. The highest BCUT2D eigenvalue weighted by Gasteiger charge is 2.23. The summed E-state index contributed by atoms with van der Waals surface area (Å²) in [5, 5.41) is 8.60. The number of nitrogens with zero attached hydrogens (tertiary/aromatic N) is 2. The number of hydrogen-bond acceptors (Lipinski definition) is 4. The van der Waals surface area contributed by atoms with Crippen molar-refractivity contribution in [3.63, 3.8) is 0 Å². The van der Waals surface area contributed by atoms with Crippen LogP contribution in [0.5, 0.6) is 0 Å². The highest BCUT2D eigenvalue weighted by Crippen LogP contribution is 2.06. The van der Waals surface area contributed by atoms with E-state index in [9.17, 15) is 14.4 Å². The maximum absolute atomic E-state index is 11.5. The molecule has 16 heavy (non-hydrogen) atoms. The van der Waals surface area contributed by atoms with Crippen LogP contribution < -0.4 is 5.73 Å². The summed E-state index contributed by atoms with van der Waals surface area (Å²) in [6.45, 7) is 0.760. The van der Waals surface area contributed by atoms with Gasteiger partial charge in [0.05, 0.1) is 19.6 Å². The second kappa shape index (κ2) is 5.45. The number of rotatable bonds is 6. The second-order valence-corrected chi connectivity index (χ2v) is 3.74. The van der Waals surface area contributed by atoms with E-state index in [4.69, 9.17) is 10.8 Å². The minimum Gasteiger partial charge on any atom is -0.480 e. The number of carboxylic acids is 1. The van der Waals surface area contributed by atoms with Crippen molar-refractivity contribution in [2.24, 2.45) is 5.73 Å². The fourth-order valence-corrected chi connectivity index (χ4v) is 1.44. The molecule has 0 spiro atoms. The Kier molecular flexibility index (Phi) is 4.24. The highest BCUT2D eigenvalue weighted by atomic mass is 16.4. The predicted molar refractivity (Wildman–Crippen MR) is 54.5 cm³/mol. The zero-order valence-corrected chi connectivity index (χ0v) is 8.89. The van der Waals surface area contributed by atoms with Crippen LogP contribution in [0.1, 0.15) is 6.42 Å². The molecule has 1 aliphatic rings. The molecule has 0 bridgehead atoms. The summed E-state index contributed by atoms with van der Waals surface area (Å²) in [6.07, 6.45) is 0.973. The highest BCUT2D eigenvalue weighted by molar-refractivity contribution is 5.82. The van der Waals surface area contributed by atoms with Crippen LogP contribution in [0.25, 0.3) is 0 Å². The molecule has 0 radical (unpaired) electrons. The molecule has 0 aromatic rings. The molecular formula is C9H15N3O4. The lowest BCUT2D eigenvalue weighted by Crippen LogP contribution is -2.49. The molecular weight excluding hydrogens is 214 g/mol. The number of hydrogen-bond donors (Lipinski definition) is 2. The van der Waals surface area contributed by atoms with E-state index in [0.29, 0.717) is 13.1 Å². The van der Waals surface area contributed by atoms with Gasteiger partial charge in [-0.05, 0) is 6.42 Å². The van der Waals surface area contributed by atoms with Crippen molar-refractivity contribution in [1.82, 2.24) is 9.80 Å². The lowest BCUT2D eigenvalue weighted by molar-refractivity contribution is -0.141. The second-order valence-electron chi connectivity index (χ2n) is 3.74. The van der Waals surface area contributed by atoms with Gasteiger partial charge in [0.1, 0.15) is 0 Å². The normalized spacial score (nSPS) is 14.7. The van der Waals surface area contributed by atoms with Gasteiger partial charge in [-0.1, -0.05) is 0 Å². The molecule has 1 heterocycles. The van der Waals surface area contributed by atoms with E-state index in [1.54, 1.807) is 4.90 Å². The molecule has 1 rings (SSSR count). The monoisotopic (exact) mass is 229 g/mol. The van der Waals surface area contributed by atoms with Gasteiger partial charge in [-0.15, -0.1) is 0 Å². The number of aliphatic carboxylic acids is 1. The van der Waals surface area contributed by atoms with Gasteiger partial charge in [0, 0.05) is 13.1 Å². The van der Waals surface area contributed by atoms with Crippen LogP contribution in [-0.4, -0.2) is 65.4 Å². The van der Waals surface area contributed by atoms with Crippen molar-refractivity contribution < 1.29 is 19.5 Å². The number of carbonyl (C=O) groups is 3. The Labute approximate surface area is 92.8 Å². The third kappa shape index (κ3) is 3.85. The quantitative estimate of drug-likeness (QED) is 0.553. The van der Waals surface area contributed by atoms with Gasteiger partial charge in [-0.3, -0.25) is 19.3 Å².